The third kappa shape index (κ3) is 4.46. The van der Waals surface area contributed by atoms with Crippen LogP contribution in [0.2, 0.25) is 0 Å². The quantitative estimate of drug-likeness (QED) is 0.271. The minimum absolute atomic E-state index is 0.203. The zero-order valence-electron chi connectivity index (χ0n) is 22.1. The molecule has 6 rings (SSSR count). The summed E-state index contributed by atoms with van der Waals surface area (Å²) in [6, 6.07) is 31.5. The molecule has 0 bridgehead atoms. The molecule has 0 spiro atoms. The molecule has 7 heteroatoms. The highest BCUT2D eigenvalue weighted by molar-refractivity contribution is 5.91. The Balaban J connectivity index is 1.53. The van der Waals surface area contributed by atoms with Crippen molar-refractivity contribution < 1.29 is 9.53 Å². The fraction of sp³-hybridized carbons (Fsp3) is 0.188. The van der Waals surface area contributed by atoms with E-state index in [0.29, 0.717) is 24.6 Å². The van der Waals surface area contributed by atoms with E-state index in [1.54, 1.807) is 0 Å². The summed E-state index contributed by atoms with van der Waals surface area (Å²) in [4.78, 5) is 16.1. The van der Waals surface area contributed by atoms with Crippen molar-refractivity contribution in [1.82, 2.24) is 19.2 Å². The van der Waals surface area contributed by atoms with E-state index < -0.39 is 0 Å². The van der Waals surface area contributed by atoms with Crippen molar-refractivity contribution in [3.8, 4) is 17.3 Å². The largest absolute Gasteiger partial charge is 0.492 e. The van der Waals surface area contributed by atoms with E-state index in [4.69, 9.17) is 9.84 Å². The van der Waals surface area contributed by atoms with Crippen molar-refractivity contribution in [2.75, 3.05) is 11.9 Å². The summed E-state index contributed by atoms with van der Waals surface area (Å²) in [7, 11) is 0. The summed E-state index contributed by atoms with van der Waals surface area (Å²) in [5.74, 6) is 1.61. The van der Waals surface area contributed by atoms with Gasteiger partial charge in [-0.2, -0.15) is 5.10 Å². The fourth-order valence-corrected chi connectivity index (χ4v) is 5.37. The number of rotatable bonds is 6. The Morgan fingerprint density at radius 2 is 1.64 bits per heavy atom. The van der Waals surface area contributed by atoms with Crippen LogP contribution in [0.1, 0.15) is 42.4 Å². The average molecular weight is 518 g/mol. The molecule has 196 valence electrons. The Bertz CT molecular complexity index is 1590. The number of carbonyl (C=O) groups excluding carboxylic acids is 1. The zero-order chi connectivity index (χ0) is 26.8. The van der Waals surface area contributed by atoms with Crippen molar-refractivity contribution in [2.24, 2.45) is 0 Å². The van der Waals surface area contributed by atoms with Crippen LogP contribution in [-0.4, -0.2) is 31.9 Å². The molecule has 0 aliphatic carbocycles. The molecule has 7 nitrogen and oxygen atoms in total. The van der Waals surface area contributed by atoms with Crippen LogP contribution in [0.25, 0.3) is 11.5 Å². The Labute approximate surface area is 228 Å². The molecule has 0 saturated carbocycles. The predicted octanol–water partition coefficient (Wildman–Crippen LogP) is 6.76. The number of amides is 2. The van der Waals surface area contributed by atoms with E-state index in [-0.39, 0.29) is 12.1 Å². The van der Waals surface area contributed by atoms with Gasteiger partial charge in [-0.3, -0.25) is 0 Å². The number of benzene rings is 3. The lowest BCUT2D eigenvalue weighted by Gasteiger charge is -2.31. The van der Waals surface area contributed by atoms with Gasteiger partial charge in [-0.1, -0.05) is 67.6 Å². The first kappa shape index (κ1) is 24.6. The Morgan fingerprint density at radius 1 is 0.923 bits per heavy atom. The fourth-order valence-electron chi connectivity index (χ4n) is 5.37. The number of aromatic nitrogens is 3. The lowest BCUT2D eigenvalue weighted by Crippen LogP contribution is -2.38. The molecule has 1 aliphatic rings. The molecule has 2 aromatic heterocycles. The van der Waals surface area contributed by atoms with Crippen molar-refractivity contribution in [1.29, 1.82) is 0 Å². The summed E-state index contributed by atoms with van der Waals surface area (Å²) in [5, 5.41) is 8.18. The van der Waals surface area contributed by atoms with Crippen molar-refractivity contribution in [2.45, 2.75) is 32.9 Å². The summed E-state index contributed by atoms with van der Waals surface area (Å²) in [6.07, 6.45) is 2.81. The third-order valence-electron chi connectivity index (χ3n) is 7.11. The number of hydrogen-bond donors (Lipinski definition) is 1. The van der Waals surface area contributed by atoms with Crippen LogP contribution in [0, 0.1) is 0 Å². The molecule has 0 fully saturated rings. The molecule has 3 aromatic carbocycles. The highest BCUT2D eigenvalue weighted by Crippen LogP contribution is 2.39. The molecule has 3 heterocycles. The average Bonchev–Trinajstić information content (AvgIpc) is 3.56. The first-order valence-corrected chi connectivity index (χ1v) is 13.4. The number of urea groups is 1. The normalized spacial score (nSPS) is 14.3. The zero-order valence-corrected chi connectivity index (χ0v) is 22.1. The van der Waals surface area contributed by atoms with Crippen molar-refractivity contribution >= 4 is 11.7 Å². The van der Waals surface area contributed by atoms with Gasteiger partial charge in [0.05, 0.1) is 42.0 Å². The third-order valence-corrected chi connectivity index (χ3v) is 7.11. The van der Waals surface area contributed by atoms with Crippen LogP contribution in [0.5, 0.6) is 5.75 Å². The van der Waals surface area contributed by atoms with Crippen LogP contribution in [0.3, 0.4) is 0 Å². The van der Waals surface area contributed by atoms with Crippen molar-refractivity contribution in [3.05, 3.63) is 126 Å². The number of nitrogens with one attached hydrogen (secondary N) is 1. The highest BCUT2D eigenvalue weighted by Gasteiger charge is 2.36. The molecular formula is C32H31N5O2. The van der Waals surface area contributed by atoms with Gasteiger partial charge in [0, 0.05) is 11.8 Å². The molecule has 0 unspecified atom stereocenters. The smallest absolute Gasteiger partial charge is 0.323 e. The van der Waals surface area contributed by atoms with Gasteiger partial charge in [-0.15, -0.1) is 0 Å². The number of carbonyl (C=O) groups is 1. The van der Waals surface area contributed by atoms with Gasteiger partial charge >= 0.3 is 6.03 Å². The number of para-hydroxylation sites is 3. The first-order chi connectivity index (χ1) is 19.2. The molecular weight excluding hydrogens is 486 g/mol. The van der Waals surface area contributed by atoms with Crippen LogP contribution in [-0.2, 0) is 13.0 Å². The van der Waals surface area contributed by atoms with Crippen LogP contribution in [0.15, 0.2) is 103 Å². The summed E-state index contributed by atoms with van der Waals surface area (Å²) in [5.41, 5.74) is 5.65. The number of hydrogen-bond acceptors (Lipinski definition) is 3. The lowest BCUT2D eigenvalue weighted by molar-refractivity contribution is 0.194. The van der Waals surface area contributed by atoms with Crippen molar-refractivity contribution in [3.63, 3.8) is 0 Å². The van der Waals surface area contributed by atoms with Crippen LogP contribution < -0.4 is 10.1 Å². The molecule has 5 aromatic rings. The molecule has 2 amide bonds. The topological polar surface area (TPSA) is 64.3 Å². The number of fused-ring (bicyclic) bond motifs is 3. The Kier molecular flexibility index (Phi) is 6.63. The molecule has 0 radical (unpaired) electrons. The molecule has 1 aliphatic heterocycles. The maximum Gasteiger partial charge on any atom is 0.323 e. The second-order valence-electron chi connectivity index (χ2n) is 9.45. The van der Waals surface area contributed by atoms with E-state index in [0.717, 1.165) is 40.4 Å². The standard InChI is InChI=1S/C32H31N5O2/c1-3-26-25-22-36(32(38)33-27-18-11-12-20-29(27)39-4-2)30(23-14-7-5-8-15-23)28-19-13-21-35(28)31(25)37(34-26)24-16-9-6-10-17-24/h5-21,30H,3-4,22H2,1-2H3,(H,33,38)/t30-/m1/s1. The molecule has 0 saturated heterocycles. The molecule has 39 heavy (non-hydrogen) atoms. The van der Waals surface area contributed by atoms with Gasteiger partial charge in [0.2, 0.25) is 0 Å². The second-order valence-corrected chi connectivity index (χ2v) is 9.45. The van der Waals surface area contributed by atoms with Gasteiger partial charge < -0.3 is 19.5 Å². The summed E-state index contributed by atoms with van der Waals surface area (Å²) in [6.45, 7) is 4.95. The van der Waals surface area contributed by atoms with Gasteiger partial charge in [0.15, 0.2) is 0 Å². The van der Waals surface area contributed by atoms with E-state index >= 15 is 0 Å². The Morgan fingerprint density at radius 3 is 2.38 bits per heavy atom. The van der Waals surface area contributed by atoms with Gasteiger partial charge in [0.25, 0.3) is 0 Å². The molecule has 1 atom stereocenters. The van der Waals surface area contributed by atoms with Gasteiger partial charge in [0.1, 0.15) is 11.6 Å². The van der Waals surface area contributed by atoms with Gasteiger partial charge in [-0.05, 0) is 55.3 Å². The lowest BCUT2D eigenvalue weighted by atomic mass is 10.0. The van der Waals surface area contributed by atoms with Crippen LogP contribution >= 0.6 is 0 Å². The maximum atomic E-state index is 14.2. The number of nitrogens with zero attached hydrogens (tertiary/aromatic N) is 4. The van der Waals surface area contributed by atoms with E-state index in [1.165, 1.54) is 0 Å². The first-order valence-electron chi connectivity index (χ1n) is 13.4. The number of anilines is 1. The number of ether oxygens (including phenoxy) is 1. The summed E-state index contributed by atoms with van der Waals surface area (Å²) >= 11 is 0. The SMILES string of the molecule is CCOc1ccccc1NC(=O)N1Cc2c(CC)nn(-c3ccccc3)c2-n2cccc2[C@H]1c1ccccc1. The summed E-state index contributed by atoms with van der Waals surface area (Å²) < 4.78 is 9.99. The molecule has 1 N–H and O–H groups in total. The second kappa shape index (κ2) is 10.5. The highest BCUT2D eigenvalue weighted by atomic mass is 16.5. The minimum Gasteiger partial charge on any atom is -0.492 e. The Hall–Kier alpha value is -4.78. The number of aryl methyl sites for hydroxylation is 1. The monoisotopic (exact) mass is 517 g/mol. The van der Waals surface area contributed by atoms with E-state index in [9.17, 15) is 4.79 Å². The van der Waals surface area contributed by atoms with Gasteiger partial charge in [-0.25, -0.2) is 9.48 Å². The predicted molar refractivity (Wildman–Crippen MR) is 153 cm³/mol. The van der Waals surface area contributed by atoms with E-state index in [2.05, 4.69) is 53.3 Å². The van der Waals surface area contributed by atoms with Crippen LogP contribution in [0.4, 0.5) is 10.5 Å². The maximum absolute atomic E-state index is 14.2. The minimum atomic E-state index is -0.318. The van der Waals surface area contributed by atoms with E-state index in [1.807, 2.05) is 83.2 Å².